The first-order valence-electron chi connectivity index (χ1n) is 8.72. The molecule has 0 bridgehead atoms. The summed E-state index contributed by atoms with van der Waals surface area (Å²) >= 11 is 0. The van der Waals surface area contributed by atoms with Crippen molar-refractivity contribution in [2.24, 2.45) is 7.05 Å². The van der Waals surface area contributed by atoms with Gasteiger partial charge in [-0.05, 0) is 30.2 Å². The number of hydrogen-bond acceptors (Lipinski definition) is 4. The molecule has 26 heavy (non-hydrogen) atoms. The van der Waals surface area contributed by atoms with Crippen LogP contribution in [0, 0.1) is 0 Å². The van der Waals surface area contributed by atoms with Crippen molar-refractivity contribution >= 4 is 16.8 Å². The van der Waals surface area contributed by atoms with Gasteiger partial charge in [0.1, 0.15) is 5.75 Å². The van der Waals surface area contributed by atoms with Crippen molar-refractivity contribution in [2.75, 3.05) is 20.3 Å². The van der Waals surface area contributed by atoms with Gasteiger partial charge in [-0.15, -0.1) is 0 Å². The molecule has 0 fully saturated rings. The Morgan fingerprint density at radius 2 is 2.35 bits per heavy atom. The second-order valence-electron chi connectivity index (χ2n) is 6.43. The first kappa shape index (κ1) is 16.7. The van der Waals surface area contributed by atoms with E-state index in [9.17, 15) is 4.79 Å². The molecule has 4 rings (SSSR count). The molecule has 0 saturated heterocycles. The number of H-pyrrole nitrogens is 1. The van der Waals surface area contributed by atoms with Gasteiger partial charge < -0.3 is 19.8 Å². The maximum Gasteiger partial charge on any atom is 0.272 e. The number of fused-ring (bicyclic) bond motifs is 2. The van der Waals surface area contributed by atoms with Crippen LogP contribution in [0.4, 0.5) is 0 Å². The molecular weight excluding hydrogens is 332 g/mol. The predicted molar refractivity (Wildman–Crippen MR) is 97.5 cm³/mol. The van der Waals surface area contributed by atoms with Gasteiger partial charge in [0.15, 0.2) is 5.69 Å². The largest absolute Gasteiger partial charge is 0.497 e. The van der Waals surface area contributed by atoms with E-state index in [4.69, 9.17) is 9.47 Å². The van der Waals surface area contributed by atoms with Crippen LogP contribution in [-0.2, 0) is 31.2 Å². The van der Waals surface area contributed by atoms with E-state index in [1.807, 2.05) is 31.4 Å². The third-order valence-corrected chi connectivity index (χ3v) is 4.87. The molecule has 0 unspecified atom stereocenters. The van der Waals surface area contributed by atoms with Gasteiger partial charge in [0.25, 0.3) is 5.91 Å². The van der Waals surface area contributed by atoms with Gasteiger partial charge in [-0.3, -0.25) is 9.48 Å². The molecule has 2 N–H and O–H groups in total. The Morgan fingerprint density at radius 1 is 1.46 bits per heavy atom. The second kappa shape index (κ2) is 6.84. The summed E-state index contributed by atoms with van der Waals surface area (Å²) in [5, 5.41) is 8.47. The highest BCUT2D eigenvalue weighted by molar-refractivity contribution is 5.94. The molecule has 1 amide bonds. The van der Waals surface area contributed by atoms with Gasteiger partial charge >= 0.3 is 0 Å². The third-order valence-electron chi connectivity index (χ3n) is 4.87. The highest BCUT2D eigenvalue weighted by atomic mass is 16.5. The van der Waals surface area contributed by atoms with Crippen molar-refractivity contribution in [1.82, 2.24) is 20.1 Å². The molecule has 7 nitrogen and oxygen atoms in total. The van der Waals surface area contributed by atoms with Crippen molar-refractivity contribution in [2.45, 2.75) is 19.4 Å². The minimum atomic E-state index is -0.148. The smallest absolute Gasteiger partial charge is 0.272 e. The maximum absolute atomic E-state index is 12.6. The van der Waals surface area contributed by atoms with E-state index < -0.39 is 0 Å². The van der Waals surface area contributed by atoms with E-state index in [0.717, 1.165) is 46.3 Å². The second-order valence-corrected chi connectivity index (χ2v) is 6.43. The fourth-order valence-corrected chi connectivity index (χ4v) is 3.48. The molecule has 3 heterocycles. The number of amides is 1. The standard InChI is InChI=1S/C19H22N4O3/c1-23-17-6-8-26-11-15(17)18(22-23)19(24)20-7-5-12-10-21-16-4-3-13(25-2)9-14(12)16/h3-4,9-10,21H,5-8,11H2,1-2H3,(H,20,24). The van der Waals surface area contributed by atoms with Crippen LogP contribution >= 0.6 is 0 Å². The summed E-state index contributed by atoms with van der Waals surface area (Å²) in [6, 6.07) is 5.93. The summed E-state index contributed by atoms with van der Waals surface area (Å²) in [6.07, 6.45) is 3.50. The van der Waals surface area contributed by atoms with Crippen LogP contribution in [0.3, 0.4) is 0 Å². The van der Waals surface area contributed by atoms with E-state index >= 15 is 0 Å². The van der Waals surface area contributed by atoms with Crippen LogP contribution < -0.4 is 10.1 Å². The SMILES string of the molecule is COc1ccc2[nH]cc(CCNC(=O)c3nn(C)c4c3COCC4)c2c1. The third kappa shape index (κ3) is 2.94. The quantitative estimate of drug-likeness (QED) is 0.734. The van der Waals surface area contributed by atoms with Crippen LogP contribution in [0.5, 0.6) is 5.75 Å². The average molecular weight is 354 g/mol. The molecular formula is C19H22N4O3. The summed E-state index contributed by atoms with van der Waals surface area (Å²) < 4.78 is 12.6. The molecule has 0 radical (unpaired) electrons. The number of ether oxygens (including phenoxy) is 2. The van der Waals surface area contributed by atoms with Crippen LogP contribution in [0.1, 0.15) is 27.3 Å². The Kier molecular flexibility index (Phi) is 4.38. The molecule has 0 atom stereocenters. The van der Waals surface area contributed by atoms with Crippen molar-refractivity contribution in [3.63, 3.8) is 0 Å². The monoisotopic (exact) mass is 354 g/mol. The van der Waals surface area contributed by atoms with Crippen molar-refractivity contribution < 1.29 is 14.3 Å². The van der Waals surface area contributed by atoms with Gasteiger partial charge in [0, 0.05) is 48.4 Å². The molecule has 1 aliphatic rings. The lowest BCUT2D eigenvalue weighted by Crippen LogP contribution is -2.27. The number of nitrogens with zero attached hydrogens (tertiary/aromatic N) is 2. The highest BCUT2D eigenvalue weighted by Crippen LogP contribution is 2.24. The Balaban J connectivity index is 1.44. The summed E-state index contributed by atoms with van der Waals surface area (Å²) in [7, 11) is 3.53. The number of carbonyl (C=O) groups is 1. The lowest BCUT2D eigenvalue weighted by atomic mass is 10.1. The number of rotatable bonds is 5. The average Bonchev–Trinajstić information content (AvgIpc) is 3.23. The molecule has 1 aliphatic heterocycles. The first-order valence-corrected chi connectivity index (χ1v) is 8.72. The van der Waals surface area contributed by atoms with E-state index in [1.54, 1.807) is 11.8 Å². The molecule has 136 valence electrons. The van der Waals surface area contributed by atoms with Crippen LogP contribution in [0.25, 0.3) is 10.9 Å². The molecule has 3 aromatic rings. The summed E-state index contributed by atoms with van der Waals surface area (Å²) in [6.45, 7) is 1.67. The maximum atomic E-state index is 12.6. The molecule has 0 saturated carbocycles. The topological polar surface area (TPSA) is 81.2 Å². The van der Waals surface area contributed by atoms with E-state index in [1.165, 1.54) is 0 Å². The first-order chi connectivity index (χ1) is 12.7. The fraction of sp³-hybridized carbons (Fsp3) is 0.368. The number of aryl methyl sites for hydroxylation is 1. The Bertz CT molecular complexity index is 957. The molecule has 2 aromatic heterocycles. The van der Waals surface area contributed by atoms with Gasteiger partial charge in [-0.2, -0.15) is 5.10 Å². The van der Waals surface area contributed by atoms with Crippen molar-refractivity contribution in [3.8, 4) is 5.75 Å². The number of aromatic nitrogens is 3. The Morgan fingerprint density at radius 3 is 3.19 bits per heavy atom. The van der Waals surface area contributed by atoms with Crippen LogP contribution in [0.2, 0.25) is 0 Å². The minimum absolute atomic E-state index is 0.148. The van der Waals surface area contributed by atoms with Gasteiger partial charge in [-0.1, -0.05) is 0 Å². The van der Waals surface area contributed by atoms with E-state index in [0.29, 0.717) is 25.5 Å². The van der Waals surface area contributed by atoms with Crippen molar-refractivity contribution in [1.29, 1.82) is 0 Å². The minimum Gasteiger partial charge on any atom is -0.497 e. The van der Waals surface area contributed by atoms with Crippen LogP contribution in [-0.4, -0.2) is 40.9 Å². The number of benzene rings is 1. The Labute approximate surface area is 151 Å². The normalized spacial score (nSPS) is 13.6. The van der Waals surface area contributed by atoms with Gasteiger partial charge in [0.05, 0.1) is 20.3 Å². The summed E-state index contributed by atoms with van der Waals surface area (Å²) in [5.41, 5.74) is 4.68. The number of nitrogens with one attached hydrogen (secondary N) is 2. The van der Waals surface area contributed by atoms with Crippen LogP contribution in [0.15, 0.2) is 24.4 Å². The van der Waals surface area contributed by atoms with Gasteiger partial charge in [0.2, 0.25) is 0 Å². The molecule has 0 spiro atoms. The fourth-order valence-electron chi connectivity index (χ4n) is 3.48. The molecule has 7 heteroatoms. The number of methoxy groups -OCH3 is 1. The molecule has 0 aliphatic carbocycles. The summed E-state index contributed by atoms with van der Waals surface area (Å²) in [5.74, 6) is 0.673. The van der Waals surface area contributed by atoms with Gasteiger partial charge in [-0.25, -0.2) is 0 Å². The van der Waals surface area contributed by atoms with Crippen molar-refractivity contribution in [3.05, 3.63) is 46.9 Å². The predicted octanol–water partition coefficient (Wildman–Crippen LogP) is 1.96. The highest BCUT2D eigenvalue weighted by Gasteiger charge is 2.24. The number of hydrogen-bond donors (Lipinski definition) is 2. The lowest BCUT2D eigenvalue weighted by Gasteiger charge is -2.13. The summed E-state index contributed by atoms with van der Waals surface area (Å²) in [4.78, 5) is 15.8. The van der Waals surface area contributed by atoms with E-state index in [2.05, 4.69) is 15.4 Å². The number of carbonyl (C=O) groups excluding carboxylic acids is 1. The zero-order valence-corrected chi connectivity index (χ0v) is 15.0. The zero-order chi connectivity index (χ0) is 18.1. The Hall–Kier alpha value is -2.80. The zero-order valence-electron chi connectivity index (χ0n) is 15.0. The number of aromatic amines is 1. The lowest BCUT2D eigenvalue weighted by molar-refractivity contribution is 0.0925. The molecule has 1 aromatic carbocycles. The van der Waals surface area contributed by atoms with E-state index in [-0.39, 0.29) is 5.91 Å².